The van der Waals surface area contributed by atoms with Gasteiger partial charge in [0.05, 0.1) is 13.3 Å². The summed E-state index contributed by atoms with van der Waals surface area (Å²) in [5, 5.41) is 8.82. The third-order valence-electron chi connectivity index (χ3n) is 6.25. The topological polar surface area (TPSA) is 118 Å². The van der Waals surface area contributed by atoms with E-state index in [1.54, 1.807) is 12.1 Å². The van der Waals surface area contributed by atoms with Gasteiger partial charge in [0.1, 0.15) is 17.3 Å². The molecular weight excluding hydrogens is 496 g/mol. The number of primary amides is 1. The van der Waals surface area contributed by atoms with Crippen LogP contribution in [-0.4, -0.2) is 43.9 Å². The Morgan fingerprint density at radius 2 is 2.03 bits per heavy atom. The lowest BCUT2D eigenvalue weighted by Gasteiger charge is -2.29. The highest BCUT2D eigenvalue weighted by Crippen LogP contribution is 2.35. The third kappa shape index (κ3) is 5.43. The number of ether oxygens (including phenoxy) is 1. The molecule has 2 aromatic rings. The predicted molar refractivity (Wildman–Crippen MR) is 136 cm³/mol. The van der Waals surface area contributed by atoms with Crippen molar-refractivity contribution in [2.24, 2.45) is 16.6 Å². The zero-order valence-electron chi connectivity index (χ0n) is 19.2. The molecule has 35 heavy (non-hydrogen) atoms. The number of piperidine rings is 1. The van der Waals surface area contributed by atoms with Crippen LogP contribution in [0.5, 0.6) is 5.75 Å². The van der Waals surface area contributed by atoms with Crippen LogP contribution in [0, 0.1) is 18.7 Å². The van der Waals surface area contributed by atoms with Gasteiger partial charge in [-0.2, -0.15) is 0 Å². The van der Waals surface area contributed by atoms with E-state index in [2.05, 4.69) is 20.9 Å². The highest BCUT2D eigenvalue weighted by Gasteiger charge is 2.52. The fourth-order valence-electron chi connectivity index (χ4n) is 4.38. The number of nitrogens with one attached hydrogen (secondary N) is 3. The lowest BCUT2D eigenvalue weighted by Crippen LogP contribution is -2.58. The molecule has 0 spiro atoms. The molecule has 0 radical (unpaired) electrons. The molecule has 4 rings (SSSR count). The number of nitrogens with two attached hydrogens (primary N) is 1. The van der Waals surface area contributed by atoms with Gasteiger partial charge < -0.3 is 21.1 Å². The predicted octanol–water partition coefficient (Wildman–Crippen LogP) is 2.91. The van der Waals surface area contributed by atoms with Crippen molar-refractivity contribution in [3.8, 4) is 5.75 Å². The summed E-state index contributed by atoms with van der Waals surface area (Å²) < 4.78 is 20.7. The molecule has 11 heteroatoms. The largest absolute Gasteiger partial charge is 0.493 e. The highest BCUT2D eigenvalue weighted by atomic mass is 35.5. The Hall–Kier alpha value is -2.72. The summed E-state index contributed by atoms with van der Waals surface area (Å²) in [5.41, 5.74) is 4.46. The molecule has 5 N–H and O–H groups in total. The van der Waals surface area contributed by atoms with Crippen molar-refractivity contribution in [3.05, 3.63) is 58.4 Å². The molecular formula is C24H28Cl2FN5O3. The molecule has 188 valence electrons. The second kappa shape index (κ2) is 11.3. The standard InChI is InChI=1S/C24H27ClFN5O3.ClH/c1-14-11-16(34-12-15-7-9-28-10-8-15)5-6-19(14)31-22(32)21-24(23(27)33,30-13-29-21)20-17(25)3-2-4-18(20)26;/h2-6,11,15,28,30H,7-10,12-13H2,1H3,(H2,27,33)(H,31,32);1H. The van der Waals surface area contributed by atoms with E-state index in [9.17, 15) is 14.0 Å². The smallest absolute Gasteiger partial charge is 0.272 e. The van der Waals surface area contributed by atoms with E-state index in [0.29, 0.717) is 24.0 Å². The van der Waals surface area contributed by atoms with Gasteiger partial charge in [-0.05, 0) is 74.7 Å². The van der Waals surface area contributed by atoms with E-state index in [-0.39, 0.29) is 35.4 Å². The summed E-state index contributed by atoms with van der Waals surface area (Å²) in [7, 11) is 0. The number of amides is 2. The number of anilines is 1. The van der Waals surface area contributed by atoms with Crippen LogP contribution in [0.3, 0.4) is 0 Å². The van der Waals surface area contributed by atoms with Crippen LogP contribution in [0.15, 0.2) is 41.4 Å². The molecule has 0 aliphatic carbocycles. The first kappa shape index (κ1) is 26.9. The lowest BCUT2D eigenvalue weighted by atomic mass is 9.84. The summed E-state index contributed by atoms with van der Waals surface area (Å²) in [6, 6.07) is 9.30. The van der Waals surface area contributed by atoms with Gasteiger partial charge in [-0.3, -0.25) is 19.9 Å². The summed E-state index contributed by atoms with van der Waals surface area (Å²) in [4.78, 5) is 29.9. The number of aryl methyl sites for hydroxylation is 1. The van der Waals surface area contributed by atoms with Crippen LogP contribution in [0.2, 0.25) is 5.02 Å². The molecule has 1 fully saturated rings. The molecule has 1 saturated heterocycles. The molecule has 2 aliphatic rings. The van der Waals surface area contributed by atoms with Crippen molar-refractivity contribution < 1.29 is 18.7 Å². The normalized spacial score (nSPS) is 20.0. The highest BCUT2D eigenvalue weighted by molar-refractivity contribution is 6.50. The summed E-state index contributed by atoms with van der Waals surface area (Å²) >= 11 is 6.21. The lowest BCUT2D eigenvalue weighted by molar-refractivity contribution is -0.123. The van der Waals surface area contributed by atoms with E-state index < -0.39 is 23.2 Å². The molecule has 2 aliphatic heterocycles. The maximum atomic E-state index is 14.8. The first-order chi connectivity index (χ1) is 16.3. The van der Waals surface area contributed by atoms with Crippen molar-refractivity contribution >= 4 is 47.2 Å². The Morgan fingerprint density at radius 1 is 1.29 bits per heavy atom. The van der Waals surface area contributed by atoms with E-state index in [1.165, 1.54) is 12.1 Å². The molecule has 2 amide bonds. The fraction of sp³-hybridized carbons (Fsp3) is 0.375. The number of benzene rings is 2. The number of nitrogens with zero attached hydrogens (tertiary/aromatic N) is 1. The quantitative estimate of drug-likeness (QED) is 0.445. The van der Waals surface area contributed by atoms with Gasteiger partial charge in [0.15, 0.2) is 5.54 Å². The Morgan fingerprint density at radius 3 is 2.69 bits per heavy atom. The number of carbonyl (C=O) groups is 2. The van der Waals surface area contributed by atoms with Gasteiger partial charge >= 0.3 is 0 Å². The van der Waals surface area contributed by atoms with E-state index in [1.807, 2.05) is 13.0 Å². The van der Waals surface area contributed by atoms with Crippen molar-refractivity contribution in [1.82, 2.24) is 10.6 Å². The van der Waals surface area contributed by atoms with Gasteiger partial charge in [0.25, 0.3) is 5.91 Å². The summed E-state index contributed by atoms with van der Waals surface area (Å²) in [5.74, 6) is -1.22. The van der Waals surface area contributed by atoms with Gasteiger partial charge in [0.2, 0.25) is 5.91 Å². The number of hydrogen-bond donors (Lipinski definition) is 4. The van der Waals surface area contributed by atoms with Gasteiger partial charge in [0, 0.05) is 16.3 Å². The van der Waals surface area contributed by atoms with E-state index in [4.69, 9.17) is 22.1 Å². The van der Waals surface area contributed by atoms with Gasteiger partial charge in [-0.25, -0.2) is 4.39 Å². The number of rotatable bonds is 7. The average Bonchev–Trinajstić information content (AvgIpc) is 3.26. The first-order valence-corrected chi connectivity index (χ1v) is 11.5. The van der Waals surface area contributed by atoms with Gasteiger partial charge in [-0.1, -0.05) is 17.7 Å². The molecule has 8 nitrogen and oxygen atoms in total. The molecule has 2 heterocycles. The fourth-order valence-corrected chi connectivity index (χ4v) is 4.69. The Bertz CT molecular complexity index is 1120. The first-order valence-electron chi connectivity index (χ1n) is 11.1. The molecule has 2 aromatic carbocycles. The van der Waals surface area contributed by atoms with E-state index in [0.717, 1.165) is 37.6 Å². The van der Waals surface area contributed by atoms with Crippen LogP contribution < -0.4 is 26.4 Å². The monoisotopic (exact) mass is 523 g/mol. The van der Waals surface area contributed by atoms with Crippen LogP contribution in [-0.2, 0) is 15.1 Å². The Balaban J connectivity index is 0.00000342. The van der Waals surface area contributed by atoms with Crippen LogP contribution in [0.1, 0.15) is 24.0 Å². The van der Waals surface area contributed by atoms with Crippen molar-refractivity contribution in [1.29, 1.82) is 0 Å². The second-order valence-electron chi connectivity index (χ2n) is 8.49. The third-order valence-corrected chi connectivity index (χ3v) is 6.56. The zero-order chi connectivity index (χ0) is 24.3. The van der Waals surface area contributed by atoms with Crippen LogP contribution >= 0.6 is 24.0 Å². The summed E-state index contributed by atoms with van der Waals surface area (Å²) in [6.07, 6.45) is 2.16. The second-order valence-corrected chi connectivity index (χ2v) is 8.89. The Labute approximate surface area is 214 Å². The van der Waals surface area contributed by atoms with Crippen molar-refractivity contribution in [2.45, 2.75) is 25.3 Å². The van der Waals surface area contributed by atoms with Crippen molar-refractivity contribution in [2.75, 3.05) is 31.7 Å². The summed E-state index contributed by atoms with van der Waals surface area (Å²) in [6.45, 7) is 4.37. The molecule has 0 bridgehead atoms. The number of carbonyl (C=O) groups excluding carboxylic acids is 2. The zero-order valence-corrected chi connectivity index (χ0v) is 20.8. The number of hydrogen-bond acceptors (Lipinski definition) is 6. The molecule has 0 saturated carbocycles. The van der Waals surface area contributed by atoms with Gasteiger partial charge in [-0.15, -0.1) is 12.4 Å². The maximum Gasteiger partial charge on any atom is 0.272 e. The average molecular weight is 524 g/mol. The molecule has 0 aromatic heterocycles. The van der Waals surface area contributed by atoms with Crippen LogP contribution in [0.25, 0.3) is 0 Å². The minimum absolute atomic E-state index is 0. The minimum Gasteiger partial charge on any atom is -0.493 e. The van der Waals surface area contributed by atoms with Crippen LogP contribution in [0.4, 0.5) is 10.1 Å². The Kier molecular flexibility index (Phi) is 8.71. The number of halogens is 3. The molecule has 1 unspecified atom stereocenters. The van der Waals surface area contributed by atoms with E-state index >= 15 is 0 Å². The number of aliphatic imine (C=N–C) groups is 1. The SMILES string of the molecule is Cc1cc(OCC2CCNCC2)ccc1NC(=O)C1=NCNC1(C(N)=O)c1c(F)cccc1Cl.Cl. The maximum absolute atomic E-state index is 14.8. The minimum atomic E-state index is -1.99. The van der Waals surface area contributed by atoms with Crippen molar-refractivity contribution in [3.63, 3.8) is 0 Å². The molecule has 1 atom stereocenters.